The van der Waals surface area contributed by atoms with Gasteiger partial charge in [0, 0.05) is 0 Å². The minimum absolute atomic E-state index is 0.639. The molecule has 6 heavy (non-hydrogen) atoms. The number of carbonyl (C=O) groups is 1. The van der Waals surface area contributed by atoms with Crippen molar-refractivity contribution in [1.29, 1.82) is 0 Å². The predicted octanol–water partition coefficient (Wildman–Crippen LogP) is 0.552. The quantitative estimate of drug-likeness (QED) is 0.333. The molecule has 2 radical (unpaired) electrons. The Balaban J connectivity index is 3.45. The number of hydrogen-bond acceptors (Lipinski definition) is 1. The van der Waals surface area contributed by atoms with Crippen LogP contribution in [0.15, 0.2) is 0 Å². The Hall–Kier alpha value is -0.265. The van der Waals surface area contributed by atoms with E-state index in [0.717, 1.165) is 0 Å². The molecule has 0 unspecified atom stereocenters. The van der Waals surface area contributed by atoms with Gasteiger partial charge in [-0.2, -0.15) is 0 Å². The van der Waals surface area contributed by atoms with Crippen LogP contribution in [0.3, 0.4) is 0 Å². The first-order chi connectivity index (χ1) is 2.56. The van der Waals surface area contributed by atoms with Crippen molar-refractivity contribution in [3.8, 4) is 0 Å². The molecule has 2 heteroatoms. The van der Waals surface area contributed by atoms with E-state index < -0.39 is 5.31 Å². The van der Waals surface area contributed by atoms with Crippen LogP contribution in [0.5, 0.6) is 0 Å². The largest absolute Gasteiger partial charge is 0.304 e. The van der Waals surface area contributed by atoms with E-state index in [1.54, 1.807) is 13.8 Å². The maximum Gasteiger partial charge on any atom is 0.116 e. The van der Waals surface area contributed by atoms with Gasteiger partial charge in [0.25, 0.3) is 0 Å². The highest BCUT2D eigenvalue weighted by atomic mass is 16.1. The summed E-state index contributed by atoms with van der Waals surface area (Å²) in [6.45, 7) is 3.31. The average Bonchev–Trinajstić information content (AvgIpc) is 1.35. The van der Waals surface area contributed by atoms with Gasteiger partial charge >= 0.3 is 0 Å². The fourth-order valence-corrected chi connectivity index (χ4v) is 0. The van der Waals surface area contributed by atoms with E-state index in [0.29, 0.717) is 6.29 Å². The second kappa shape index (κ2) is 1.46. The van der Waals surface area contributed by atoms with Gasteiger partial charge in [-0.1, -0.05) is 13.8 Å². The topological polar surface area (TPSA) is 17.1 Å². The van der Waals surface area contributed by atoms with Crippen LogP contribution in [0.25, 0.3) is 0 Å². The summed E-state index contributed by atoms with van der Waals surface area (Å²) in [5.41, 5.74) is 0. The monoisotopic (exact) mass is 82.1 g/mol. The van der Waals surface area contributed by atoms with Crippen molar-refractivity contribution >= 4 is 14.1 Å². The summed E-state index contributed by atoms with van der Waals surface area (Å²) in [7, 11) is 5.17. The average molecular weight is 81.9 g/mol. The van der Waals surface area contributed by atoms with E-state index in [1.807, 2.05) is 0 Å². The Morgan fingerprint density at radius 3 is 1.83 bits per heavy atom. The molecule has 0 spiro atoms. The number of carbonyl (C=O) groups excluding carboxylic acids is 1. The molecule has 0 atom stereocenters. The third kappa shape index (κ3) is 3.73. The molecular weight excluding hydrogens is 74.9 g/mol. The molecule has 0 aromatic heterocycles. The lowest BCUT2D eigenvalue weighted by Gasteiger charge is -2.04. The van der Waals surface area contributed by atoms with Crippen LogP contribution >= 0.6 is 0 Å². The fraction of sp³-hybridized carbons (Fsp3) is 0.750. The lowest BCUT2D eigenvalue weighted by atomic mass is 9.74. The Morgan fingerprint density at radius 2 is 1.83 bits per heavy atom. The Morgan fingerprint density at radius 1 is 1.67 bits per heavy atom. The fourth-order valence-electron chi connectivity index (χ4n) is 0. The summed E-state index contributed by atoms with van der Waals surface area (Å²) in [6, 6.07) is 0. The smallest absolute Gasteiger partial charge is 0.116 e. The first-order valence-electron chi connectivity index (χ1n) is 1.81. The summed E-state index contributed by atoms with van der Waals surface area (Å²) >= 11 is 0. The zero-order valence-corrected chi connectivity index (χ0v) is 4.06. The lowest BCUT2D eigenvalue weighted by molar-refractivity contribution is -0.109. The van der Waals surface area contributed by atoms with E-state index in [4.69, 9.17) is 7.85 Å². The standard InChI is InChI=1S/C4H7BO/c1-4(2,5)3-6/h3H,1-2H3. The van der Waals surface area contributed by atoms with Crippen molar-refractivity contribution < 1.29 is 4.79 Å². The Kier molecular flexibility index (Phi) is 1.39. The molecule has 0 aliphatic carbocycles. The molecule has 0 aliphatic heterocycles. The summed E-state index contributed by atoms with van der Waals surface area (Å²) < 4.78 is 0. The van der Waals surface area contributed by atoms with Crippen molar-refractivity contribution in [2.75, 3.05) is 0 Å². The van der Waals surface area contributed by atoms with Crippen molar-refractivity contribution in [1.82, 2.24) is 0 Å². The predicted molar refractivity (Wildman–Crippen MR) is 25.9 cm³/mol. The van der Waals surface area contributed by atoms with Crippen molar-refractivity contribution in [3.63, 3.8) is 0 Å². The lowest BCUT2D eigenvalue weighted by Crippen LogP contribution is -2.01. The second-order valence-corrected chi connectivity index (χ2v) is 1.94. The first-order valence-corrected chi connectivity index (χ1v) is 1.81. The van der Waals surface area contributed by atoms with Gasteiger partial charge in [-0.25, -0.2) is 0 Å². The minimum Gasteiger partial charge on any atom is -0.304 e. The van der Waals surface area contributed by atoms with Crippen molar-refractivity contribution in [3.05, 3.63) is 0 Å². The molecule has 0 heterocycles. The van der Waals surface area contributed by atoms with Crippen LogP contribution in [-0.2, 0) is 4.79 Å². The molecule has 0 bridgehead atoms. The van der Waals surface area contributed by atoms with E-state index >= 15 is 0 Å². The summed E-state index contributed by atoms with van der Waals surface area (Å²) in [4.78, 5) is 9.70. The SMILES string of the molecule is [B]C(C)(C)C=O. The van der Waals surface area contributed by atoms with Crippen LogP contribution < -0.4 is 0 Å². The first kappa shape index (κ1) is 5.73. The molecule has 32 valence electrons. The van der Waals surface area contributed by atoms with Gasteiger partial charge in [-0.15, -0.1) is 0 Å². The Bertz CT molecular complexity index is 53.1. The maximum absolute atomic E-state index is 9.70. The summed E-state index contributed by atoms with van der Waals surface area (Å²) in [5.74, 6) is 0. The van der Waals surface area contributed by atoms with Crippen LogP contribution in [0.1, 0.15) is 13.8 Å². The molecule has 0 aromatic carbocycles. The van der Waals surface area contributed by atoms with E-state index in [9.17, 15) is 4.79 Å². The number of aldehydes is 1. The van der Waals surface area contributed by atoms with Gasteiger partial charge in [-0.05, 0) is 5.31 Å². The van der Waals surface area contributed by atoms with Crippen molar-refractivity contribution in [2.24, 2.45) is 0 Å². The highest BCUT2D eigenvalue weighted by Crippen LogP contribution is 2.10. The van der Waals surface area contributed by atoms with Gasteiger partial charge in [0.1, 0.15) is 6.29 Å². The van der Waals surface area contributed by atoms with E-state index in [-0.39, 0.29) is 0 Å². The molecule has 0 aliphatic rings. The third-order valence-electron chi connectivity index (χ3n) is 0.304. The molecule has 0 amide bonds. The molecular formula is C4H7BO. The molecule has 0 saturated heterocycles. The summed E-state index contributed by atoms with van der Waals surface area (Å²) in [5, 5.41) is -0.639. The van der Waals surface area contributed by atoms with Gasteiger partial charge in [0.05, 0.1) is 7.85 Å². The van der Waals surface area contributed by atoms with E-state index in [2.05, 4.69) is 0 Å². The molecule has 0 N–H and O–H groups in total. The van der Waals surface area contributed by atoms with Gasteiger partial charge in [-0.3, -0.25) is 0 Å². The molecule has 1 nitrogen and oxygen atoms in total. The maximum atomic E-state index is 9.70. The second-order valence-electron chi connectivity index (χ2n) is 1.94. The molecule has 0 fully saturated rings. The molecule has 0 saturated carbocycles. The van der Waals surface area contributed by atoms with Crippen LogP contribution in [0, 0.1) is 0 Å². The zero-order valence-electron chi connectivity index (χ0n) is 4.06. The van der Waals surface area contributed by atoms with Gasteiger partial charge in [0.2, 0.25) is 0 Å². The van der Waals surface area contributed by atoms with Crippen LogP contribution in [0.2, 0.25) is 5.31 Å². The normalized spacial score (nSPS) is 11.0. The van der Waals surface area contributed by atoms with Crippen LogP contribution in [0.4, 0.5) is 0 Å². The Labute approximate surface area is 39.1 Å². The van der Waals surface area contributed by atoms with Gasteiger partial charge < -0.3 is 4.79 Å². The highest BCUT2D eigenvalue weighted by molar-refractivity contribution is 6.23. The highest BCUT2D eigenvalue weighted by Gasteiger charge is 2.04. The van der Waals surface area contributed by atoms with Crippen LogP contribution in [-0.4, -0.2) is 14.1 Å². The van der Waals surface area contributed by atoms with E-state index in [1.165, 1.54) is 0 Å². The van der Waals surface area contributed by atoms with Crippen molar-refractivity contribution in [2.45, 2.75) is 19.2 Å². The minimum atomic E-state index is -0.639. The third-order valence-corrected chi connectivity index (χ3v) is 0.304. The number of rotatable bonds is 1. The summed E-state index contributed by atoms with van der Waals surface area (Å²) in [6.07, 6.45) is 0.715. The zero-order chi connectivity index (χ0) is 5.21. The number of hydrogen-bond donors (Lipinski definition) is 0. The van der Waals surface area contributed by atoms with Gasteiger partial charge in [0.15, 0.2) is 0 Å². The molecule has 0 rings (SSSR count). The molecule has 0 aromatic rings.